The van der Waals surface area contributed by atoms with E-state index in [1.807, 2.05) is 12.1 Å². The Morgan fingerprint density at radius 2 is 2.00 bits per heavy atom. The monoisotopic (exact) mass is 328 g/mol. The molecule has 2 aromatic rings. The summed E-state index contributed by atoms with van der Waals surface area (Å²) in [6.45, 7) is 1.69. The Balaban J connectivity index is 2.34. The first-order chi connectivity index (χ1) is 8.47. The third kappa shape index (κ3) is 2.76. The summed E-state index contributed by atoms with van der Waals surface area (Å²) >= 11 is 9.31. The van der Waals surface area contributed by atoms with Crippen molar-refractivity contribution in [3.63, 3.8) is 0 Å². The second-order valence-electron chi connectivity index (χ2n) is 3.94. The standard InChI is InChI=1S/C13H11BrClFN2/c1-7-4-13(12(17)6-11(7)16)18-8-2-3-9(14)10(15)5-8/h2-6,18H,17H2,1H3. The predicted octanol–water partition coefficient (Wildman–Crippen LogP) is 4.88. The lowest BCUT2D eigenvalue weighted by atomic mass is 10.1. The van der Waals surface area contributed by atoms with Crippen molar-refractivity contribution in [2.75, 3.05) is 11.1 Å². The molecule has 2 aromatic carbocycles. The van der Waals surface area contributed by atoms with Gasteiger partial charge in [0.05, 0.1) is 16.4 Å². The molecule has 5 heteroatoms. The average molecular weight is 330 g/mol. The van der Waals surface area contributed by atoms with E-state index in [9.17, 15) is 4.39 Å². The number of halogens is 3. The van der Waals surface area contributed by atoms with Gasteiger partial charge in [-0.1, -0.05) is 11.6 Å². The van der Waals surface area contributed by atoms with Gasteiger partial charge in [0.2, 0.25) is 0 Å². The summed E-state index contributed by atoms with van der Waals surface area (Å²) in [7, 11) is 0. The van der Waals surface area contributed by atoms with Crippen LogP contribution in [0.4, 0.5) is 21.5 Å². The zero-order valence-electron chi connectivity index (χ0n) is 9.60. The summed E-state index contributed by atoms with van der Waals surface area (Å²) in [5.74, 6) is -0.313. The molecule has 0 radical (unpaired) electrons. The van der Waals surface area contributed by atoms with Crippen LogP contribution in [0.3, 0.4) is 0 Å². The fourth-order valence-electron chi connectivity index (χ4n) is 1.53. The van der Waals surface area contributed by atoms with Crippen molar-refractivity contribution >= 4 is 44.6 Å². The number of nitrogens with two attached hydrogens (primary N) is 1. The van der Waals surface area contributed by atoms with Crippen molar-refractivity contribution in [1.82, 2.24) is 0 Å². The van der Waals surface area contributed by atoms with E-state index in [4.69, 9.17) is 17.3 Å². The molecule has 0 saturated heterocycles. The van der Waals surface area contributed by atoms with Gasteiger partial charge in [-0.25, -0.2) is 4.39 Å². The summed E-state index contributed by atoms with van der Waals surface area (Å²) in [5.41, 5.74) is 8.11. The molecular weight excluding hydrogens is 319 g/mol. The van der Waals surface area contributed by atoms with Crippen molar-refractivity contribution in [3.05, 3.63) is 51.2 Å². The molecule has 0 aliphatic heterocycles. The van der Waals surface area contributed by atoms with E-state index in [-0.39, 0.29) is 5.82 Å². The number of hydrogen-bond donors (Lipinski definition) is 2. The molecule has 0 amide bonds. The van der Waals surface area contributed by atoms with Crippen LogP contribution in [0.2, 0.25) is 5.02 Å². The zero-order valence-corrected chi connectivity index (χ0v) is 11.9. The molecule has 0 fully saturated rings. The van der Waals surface area contributed by atoms with Crippen LogP contribution >= 0.6 is 27.5 Å². The smallest absolute Gasteiger partial charge is 0.128 e. The molecule has 0 heterocycles. The topological polar surface area (TPSA) is 38.0 Å². The third-order valence-electron chi connectivity index (χ3n) is 2.53. The Kier molecular flexibility index (Phi) is 3.78. The highest BCUT2D eigenvalue weighted by atomic mass is 79.9. The Morgan fingerprint density at radius 1 is 1.28 bits per heavy atom. The van der Waals surface area contributed by atoms with Crippen LogP contribution in [-0.4, -0.2) is 0 Å². The summed E-state index contributed by atoms with van der Waals surface area (Å²) < 4.78 is 14.1. The number of benzene rings is 2. The molecule has 0 aliphatic rings. The lowest BCUT2D eigenvalue weighted by Crippen LogP contribution is -1.98. The highest BCUT2D eigenvalue weighted by Crippen LogP contribution is 2.30. The summed E-state index contributed by atoms with van der Waals surface area (Å²) in [6, 6.07) is 8.42. The SMILES string of the molecule is Cc1cc(Nc2ccc(Br)c(Cl)c2)c(N)cc1F. The van der Waals surface area contributed by atoms with E-state index < -0.39 is 0 Å². The van der Waals surface area contributed by atoms with Gasteiger partial charge in [-0.2, -0.15) is 0 Å². The molecule has 3 N–H and O–H groups in total. The molecule has 0 aliphatic carbocycles. The Labute approximate surface area is 118 Å². The van der Waals surface area contributed by atoms with Gasteiger partial charge in [0.1, 0.15) is 5.82 Å². The maximum Gasteiger partial charge on any atom is 0.128 e. The molecule has 0 bridgehead atoms. The normalized spacial score (nSPS) is 10.4. The molecule has 0 spiro atoms. The molecule has 0 saturated carbocycles. The van der Waals surface area contributed by atoms with Crippen molar-refractivity contribution in [3.8, 4) is 0 Å². The largest absolute Gasteiger partial charge is 0.397 e. The van der Waals surface area contributed by atoms with Gasteiger partial charge < -0.3 is 11.1 Å². The van der Waals surface area contributed by atoms with Gasteiger partial charge in [0, 0.05) is 10.2 Å². The number of nitrogens with one attached hydrogen (secondary N) is 1. The lowest BCUT2D eigenvalue weighted by molar-refractivity contribution is 0.619. The second-order valence-corrected chi connectivity index (χ2v) is 5.20. The van der Waals surface area contributed by atoms with E-state index in [2.05, 4.69) is 21.2 Å². The van der Waals surface area contributed by atoms with Gasteiger partial charge in [-0.3, -0.25) is 0 Å². The van der Waals surface area contributed by atoms with Gasteiger partial charge in [0.25, 0.3) is 0 Å². The number of rotatable bonds is 2. The zero-order chi connectivity index (χ0) is 13.3. The number of nitrogen functional groups attached to an aromatic ring is 1. The van der Waals surface area contributed by atoms with E-state index in [0.29, 0.717) is 22.0 Å². The van der Waals surface area contributed by atoms with Crippen LogP contribution in [0.1, 0.15) is 5.56 Å². The van der Waals surface area contributed by atoms with Gasteiger partial charge >= 0.3 is 0 Å². The summed E-state index contributed by atoms with van der Waals surface area (Å²) in [4.78, 5) is 0. The lowest BCUT2D eigenvalue weighted by Gasteiger charge is -2.11. The number of hydrogen-bond acceptors (Lipinski definition) is 2. The minimum Gasteiger partial charge on any atom is -0.397 e. The molecule has 2 rings (SSSR count). The molecule has 0 unspecified atom stereocenters. The molecule has 0 atom stereocenters. The molecular formula is C13H11BrClFN2. The third-order valence-corrected chi connectivity index (χ3v) is 3.76. The summed E-state index contributed by atoms with van der Waals surface area (Å²) in [5, 5.41) is 3.71. The average Bonchev–Trinajstić information content (AvgIpc) is 2.31. The fraction of sp³-hybridized carbons (Fsp3) is 0.0769. The highest BCUT2D eigenvalue weighted by molar-refractivity contribution is 9.10. The molecule has 94 valence electrons. The maximum absolute atomic E-state index is 13.3. The quantitative estimate of drug-likeness (QED) is 0.771. The molecule has 2 nitrogen and oxygen atoms in total. The van der Waals surface area contributed by atoms with E-state index in [1.54, 1.807) is 19.1 Å². The maximum atomic E-state index is 13.3. The van der Waals surface area contributed by atoms with Crippen molar-refractivity contribution in [2.24, 2.45) is 0 Å². The predicted molar refractivity (Wildman–Crippen MR) is 78.0 cm³/mol. The van der Waals surface area contributed by atoms with Gasteiger partial charge in [-0.15, -0.1) is 0 Å². The van der Waals surface area contributed by atoms with Crippen LogP contribution in [0.25, 0.3) is 0 Å². The first-order valence-electron chi connectivity index (χ1n) is 5.25. The van der Waals surface area contributed by atoms with Crippen LogP contribution in [0.5, 0.6) is 0 Å². The van der Waals surface area contributed by atoms with Crippen molar-refractivity contribution in [2.45, 2.75) is 6.92 Å². The minimum absolute atomic E-state index is 0.313. The minimum atomic E-state index is -0.313. The van der Waals surface area contributed by atoms with Crippen molar-refractivity contribution in [1.29, 1.82) is 0 Å². The first-order valence-corrected chi connectivity index (χ1v) is 6.42. The summed E-state index contributed by atoms with van der Waals surface area (Å²) in [6.07, 6.45) is 0. The van der Waals surface area contributed by atoms with Gasteiger partial charge in [-0.05, 0) is 58.7 Å². The van der Waals surface area contributed by atoms with Crippen LogP contribution < -0.4 is 11.1 Å². The van der Waals surface area contributed by atoms with Gasteiger partial charge in [0.15, 0.2) is 0 Å². The fourth-order valence-corrected chi connectivity index (χ4v) is 1.96. The van der Waals surface area contributed by atoms with E-state index >= 15 is 0 Å². The Bertz CT molecular complexity index is 602. The van der Waals surface area contributed by atoms with Crippen LogP contribution in [0.15, 0.2) is 34.8 Å². The van der Waals surface area contributed by atoms with E-state index in [1.165, 1.54) is 6.07 Å². The van der Waals surface area contributed by atoms with E-state index in [0.717, 1.165) is 10.2 Å². The number of aryl methyl sites for hydroxylation is 1. The van der Waals surface area contributed by atoms with Crippen LogP contribution in [0, 0.1) is 12.7 Å². The molecule has 18 heavy (non-hydrogen) atoms. The first kappa shape index (κ1) is 13.2. The Hall–Kier alpha value is -1.26. The highest BCUT2D eigenvalue weighted by Gasteiger charge is 2.06. The second kappa shape index (κ2) is 5.16. The number of anilines is 3. The molecule has 0 aromatic heterocycles. The van der Waals surface area contributed by atoms with Crippen molar-refractivity contribution < 1.29 is 4.39 Å². The Morgan fingerprint density at radius 3 is 2.67 bits per heavy atom. The van der Waals surface area contributed by atoms with Crippen LogP contribution in [-0.2, 0) is 0 Å².